The van der Waals surface area contributed by atoms with Crippen molar-refractivity contribution in [1.29, 1.82) is 0 Å². The van der Waals surface area contributed by atoms with Crippen LogP contribution in [0, 0.1) is 0 Å². The van der Waals surface area contributed by atoms with Gasteiger partial charge >= 0.3 is 0 Å². The molecule has 5 heteroatoms. The smallest absolute Gasteiger partial charge is 0.187 e. The van der Waals surface area contributed by atoms with E-state index in [0.29, 0.717) is 10.6 Å². The molecule has 1 N–H and O–H groups in total. The predicted octanol–water partition coefficient (Wildman–Crippen LogP) is 5.31. The molecule has 0 saturated heterocycles. The molecule has 0 saturated carbocycles. The summed E-state index contributed by atoms with van der Waals surface area (Å²) in [5.74, 6) is 0.649. The van der Waals surface area contributed by atoms with Crippen molar-refractivity contribution in [1.82, 2.24) is 0 Å². The van der Waals surface area contributed by atoms with Gasteiger partial charge in [0.1, 0.15) is 5.75 Å². The molecule has 0 aliphatic heterocycles. The monoisotopic (exact) mass is 379 g/mol. The van der Waals surface area contributed by atoms with Crippen LogP contribution in [0.3, 0.4) is 0 Å². The molecule has 0 heterocycles. The summed E-state index contributed by atoms with van der Waals surface area (Å²) in [5, 5.41) is 3.75. The van der Waals surface area contributed by atoms with Gasteiger partial charge in [-0.1, -0.05) is 11.6 Å². The number of benzene rings is 2. The molecule has 0 spiro atoms. The van der Waals surface area contributed by atoms with E-state index in [4.69, 9.17) is 16.3 Å². The van der Waals surface area contributed by atoms with Crippen LogP contribution in [0.25, 0.3) is 0 Å². The second kappa shape index (κ2) is 7.47. The van der Waals surface area contributed by atoms with E-state index in [9.17, 15) is 4.79 Å². The van der Waals surface area contributed by atoms with Crippen LogP contribution in [0.4, 0.5) is 5.69 Å². The minimum atomic E-state index is -0.0733. The lowest BCUT2D eigenvalue weighted by atomic mass is 10.1. The average Bonchev–Trinajstić information content (AvgIpc) is 2.51. The Kier molecular flexibility index (Phi) is 5.63. The van der Waals surface area contributed by atoms with Crippen molar-refractivity contribution in [3.05, 3.63) is 69.3 Å². The van der Waals surface area contributed by atoms with Gasteiger partial charge in [0.05, 0.1) is 12.1 Å². The summed E-state index contributed by atoms with van der Waals surface area (Å²) in [6, 6.07) is 12.5. The van der Waals surface area contributed by atoms with Gasteiger partial charge in [0.15, 0.2) is 5.78 Å². The first kappa shape index (κ1) is 16.6. The maximum atomic E-state index is 12.2. The zero-order valence-corrected chi connectivity index (χ0v) is 14.5. The molecule has 22 heavy (non-hydrogen) atoms. The molecule has 0 aliphatic carbocycles. The molecule has 114 valence electrons. The van der Waals surface area contributed by atoms with Gasteiger partial charge in [0, 0.05) is 27.5 Å². The molecular weight excluding hydrogens is 366 g/mol. The molecular formula is C17H15BrClNO2. The first-order chi connectivity index (χ1) is 10.5. The Labute approximate surface area is 143 Å². The summed E-state index contributed by atoms with van der Waals surface area (Å²) < 4.78 is 5.90. The van der Waals surface area contributed by atoms with Crippen LogP contribution in [0.1, 0.15) is 17.3 Å². The lowest BCUT2D eigenvalue weighted by molar-refractivity contribution is 0.104. The molecule has 2 rings (SSSR count). The Morgan fingerprint density at radius 3 is 2.50 bits per heavy atom. The van der Waals surface area contributed by atoms with E-state index in [1.807, 2.05) is 19.1 Å². The maximum absolute atomic E-state index is 12.2. The van der Waals surface area contributed by atoms with E-state index in [2.05, 4.69) is 21.2 Å². The highest BCUT2D eigenvalue weighted by Gasteiger charge is 2.05. The fraction of sp³-hybridized carbons (Fsp3) is 0.118. The number of carbonyl (C=O) groups is 1. The maximum Gasteiger partial charge on any atom is 0.187 e. The molecule has 0 unspecified atom stereocenters. The van der Waals surface area contributed by atoms with Crippen LogP contribution in [0.15, 0.2) is 58.7 Å². The highest BCUT2D eigenvalue weighted by Crippen LogP contribution is 2.26. The van der Waals surface area contributed by atoms with Crippen molar-refractivity contribution in [2.75, 3.05) is 12.4 Å². The van der Waals surface area contributed by atoms with Gasteiger partial charge < -0.3 is 10.1 Å². The average molecular weight is 381 g/mol. The van der Waals surface area contributed by atoms with Crippen LogP contribution in [0.5, 0.6) is 5.75 Å². The van der Waals surface area contributed by atoms with E-state index in [-0.39, 0.29) is 5.78 Å². The topological polar surface area (TPSA) is 38.3 Å². The quantitative estimate of drug-likeness (QED) is 0.564. The number of anilines is 1. The van der Waals surface area contributed by atoms with Gasteiger partial charge in [0.25, 0.3) is 0 Å². The van der Waals surface area contributed by atoms with Crippen LogP contribution in [-0.2, 0) is 0 Å². The molecule has 0 atom stereocenters. The van der Waals surface area contributed by atoms with Gasteiger partial charge in [-0.2, -0.15) is 0 Å². The SMILES string of the molecule is COc1ccc(C(=O)/C=C(\C)Nc2ccc(Br)c(Cl)c2)cc1. The van der Waals surface area contributed by atoms with Gasteiger partial charge in [-0.3, -0.25) is 4.79 Å². The Hall–Kier alpha value is -1.78. The molecule has 2 aromatic carbocycles. The van der Waals surface area contributed by atoms with Crippen molar-refractivity contribution < 1.29 is 9.53 Å². The molecule has 0 aliphatic rings. The van der Waals surface area contributed by atoms with Crippen molar-refractivity contribution in [3.63, 3.8) is 0 Å². The van der Waals surface area contributed by atoms with Crippen LogP contribution in [0.2, 0.25) is 5.02 Å². The van der Waals surface area contributed by atoms with Crippen LogP contribution in [-0.4, -0.2) is 12.9 Å². The zero-order chi connectivity index (χ0) is 16.1. The molecule has 0 bridgehead atoms. The largest absolute Gasteiger partial charge is 0.497 e. The summed E-state index contributed by atoms with van der Waals surface area (Å²) in [6.45, 7) is 1.83. The van der Waals surface area contributed by atoms with Gasteiger partial charge in [-0.25, -0.2) is 0 Å². The fourth-order valence-corrected chi connectivity index (χ4v) is 2.30. The number of ketones is 1. The highest BCUT2D eigenvalue weighted by atomic mass is 79.9. The first-order valence-corrected chi connectivity index (χ1v) is 7.75. The standard InChI is InChI=1S/C17H15BrClNO2/c1-11(20-13-5-8-15(18)16(19)10-13)9-17(21)12-3-6-14(22-2)7-4-12/h3-10,20H,1-2H3/b11-9+. The molecule has 0 fully saturated rings. The lowest BCUT2D eigenvalue weighted by Gasteiger charge is -2.08. The number of hydrogen-bond donors (Lipinski definition) is 1. The number of ether oxygens (including phenoxy) is 1. The van der Waals surface area contributed by atoms with Crippen molar-refractivity contribution in [2.45, 2.75) is 6.92 Å². The molecule has 2 aromatic rings. The summed E-state index contributed by atoms with van der Waals surface area (Å²) in [6.07, 6.45) is 1.55. The first-order valence-electron chi connectivity index (χ1n) is 6.58. The second-order valence-electron chi connectivity index (χ2n) is 4.67. The van der Waals surface area contributed by atoms with Crippen LogP contribution < -0.4 is 10.1 Å². The number of nitrogens with one attached hydrogen (secondary N) is 1. The molecule has 0 aromatic heterocycles. The van der Waals surface area contributed by atoms with Crippen molar-refractivity contribution in [2.24, 2.45) is 0 Å². The second-order valence-corrected chi connectivity index (χ2v) is 5.94. The van der Waals surface area contributed by atoms with E-state index in [1.54, 1.807) is 43.5 Å². The van der Waals surface area contributed by atoms with Crippen molar-refractivity contribution in [3.8, 4) is 5.75 Å². The van der Waals surface area contributed by atoms with E-state index < -0.39 is 0 Å². The summed E-state index contributed by atoms with van der Waals surface area (Å²) in [5.41, 5.74) is 2.17. The number of rotatable bonds is 5. The van der Waals surface area contributed by atoms with Crippen LogP contribution >= 0.6 is 27.5 Å². The Morgan fingerprint density at radius 1 is 1.23 bits per heavy atom. The van der Waals surface area contributed by atoms with Gasteiger partial charge in [0.2, 0.25) is 0 Å². The normalized spacial score (nSPS) is 11.2. The third-order valence-corrected chi connectivity index (χ3v) is 4.22. The Morgan fingerprint density at radius 2 is 1.91 bits per heavy atom. The van der Waals surface area contributed by atoms with E-state index >= 15 is 0 Å². The predicted molar refractivity (Wildman–Crippen MR) is 93.9 cm³/mol. The minimum Gasteiger partial charge on any atom is -0.497 e. The third-order valence-electron chi connectivity index (χ3n) is 2.98. The Balaban J connectivity index is 2.09. The summed E-state index contributed by atoms with van der Waals surface area (Å²) in [7, 11) is 1.59. The molecule has 0 radical (unpaired) electrons. The molecule has 3 nitrogen and oxygen atoms in total. The Bertz CT molecular complexity index is 711. The minimum absolute atomic E-state index is 0.0733. The number of halogens is 2. The number of methoxy groups -OCH3 is 1. The summed E-state index contributed by atoms with van der Waals surface area (Å²) in [4.78, 5) is 12.2. The number of hydrogen-bond acceptors (Lipinski definition) is 3. The number of allylic oxidation sites excluding steroid dienone is 2. The lowest BCUT2D eigenvalue weighted by Crippen LogP contribution is -2.01. The van der Waals surface area contributed by atoms with E-state index in [0.717, 1.165) is 21.6 Å². The van der Waals surface area contributed by atoms with E-state index in [1.165, 1.54) is 0 Å². The zero-order valence-electron chi connectivity index (χ0n) is 12.2. The van der Waals surface area contributed by atoms with Gasteiger partial charge in [-0.15, -0.1) is 0 Å². The fourth-order valence-electron chi connectivity index (χ4n) is 1.87. The number of carbonyl (C=O) groups excluding carboxylic acids is 1. The molecule has 0 amide bonds. The van der Waals surface area contributed by atoms with Crippen molar-refractivity contribution >= 4 is 39.0 Å². The highest BCUT2D eigenvalue weighted by molar-refractivity contribution is 9.10. The third kappa shape index (κ3) is 4.36. The summed E-state index contributed by atoms with van der Waals surface area (Å²) >= 11 is 9.38. The van der Waals surface area contributed by atoms with Gasteiger partial charge in [-0.05, 0) is 65.3 Å².